The van der Waals surface area contributed by atoms with Crippen LogP contribution in [0.4, 0.5) is 5.69 Å². The van der Waals surface area contributed by atoms with Crippen molar-refractivity contribution in [3.8, 4) is 0 Å². The van der Waals surface area contributed by atoms with Crippen molar-refractivity contribution >= 4 is 5.69 Å². The summed E-state index contributed by atoms with van der Waals surface area (Å²) < 4.78 is 1.84. The van der Waals surface area contributed by atoms with E-state index in [0.717, 1.165) is 19.6 Å². The first-order valence-corrected chi connectivity index (χ1v) is 7.53. The van der Waals surface area contributed by atoms with Gasteiger partial charge in [-0.2, -0.15) is 5.10 Å². The van der Waals surface area contributed by atoms with Crippen molar-refractivity contribution in [2.45, 2.75) is 26.9 Å². The summed E-state index contributed by atoms with van der Waals surface area (Å²) in [5.41, 5.74) is 3.78. The van der Waals surface area contributed by atoms with Crippen molar-refractivity contribution in [2.24, 2.45) is 13.0 Å². The smallest absolute Gasteiger partial charge is 0.0539 e. The van der Waals surface area contributed by atoms with E-state index >= 15 is 0 Å². The first-order valence-electron chi connectivity index (χ1n) is 7.53. The SMILES string of the molecule is CC(C)CNCc1ccc(N(C)Cc2cnn(C)c2)cc1. The zero-order valence-electron chi connectivity index (χ0n) is 13.5. The van der Waals surface area contributed by atoms with Gasteiger partial charge in [-0.1, -0.05) is 26.0 Å². The van der Waals surface area contributed by atoms with Crippen LogP contribution in [0.3, 0.4) is 0 Å². The minimum Gasteiger partial charge on any atom is -0.370 e. The fourth-order valence-electron chi connectivity index (χ4n) is 2.29. The highest BCUT2D eigenvalue weighted by molar-refractivity contribution is 5.47. The summed E-state index contributed by atoms with van der Waals surface area (Å²) in [6, 6.07) is 8.76. The van der Waals surface area contributed by atoms with Gasteiger partial charge in [-0.3, -0.25) is 4.68 Å². The predicted octanol–water partition coefficient (Wildman–Crippen LogP) is 2.80. The summed E-state index contributed by atoms with van der Waals surface area (Å²) in [5.74, 6) is 0.690. The Morgan fingerprint density at radius 2 is 1.90 bits per heavy atom. The Kier molecular flexibility index (Phi) is 5.39. The molecule has 2 rings (SSSR count). The maximum Gasteiger partial charge on any atom is 0.0539 e. The Bertz CT molecular complexity index is 542. The van der Waals surface area contributed by atoms with E-state index in [0.29, 0.717) is 5.92 Å². The number of aromatic nitrogens is 2. The van der Waals surface area contributed by atoms with Gasteiger partial charge in [0, 0.05) is 44.6 Å². The number of nitrogens with zero attached hydrogens (tertiary/aromatic N) is 3. The molecule has 0 unspecified atom stereocenters. The summed E-state index contributed by atoms with van der Waals surface area (Å²) in [5, 5.41) is 7.67. The third kappa shape index (κ3) is 4.90. The van der Waals surface area contributed by atoms with Crippen molar-refractivity contribution in [2.75, 3.05) is 18.5 Å². The van der Waals surface area contributed by atoms with Crippen LogP contribution in [0.5, 0.6) is 0 Å². The highest BCUT2D eigenvalue weighted by atomic mass is 15.2. The summed E-state index contributed by atoms with van der Waals surface area (Å²) in [4.78, 5) is 2.24. The quantitative estimate of drug-likeness (QED) is 0.849. The monoisotopic (exact) mass is 286 g/mol. The van der Waals surface area contributed by atoms with Gasteiger partial charge in [0.1, 0.15) is 0 Å². The number of aryl methyl sites for hydroxylation is 1. The second kappa shape index (κ2) is 7.27. The molecule has 0 bridgehead atoms. The maximum absolute atomic E-state index is 4.21. The minimum atomic E-state index is 0.690. The van der Waals surface area contributed by atoms with Gasteiger partial charge >= 0.3 is 0 Å². The minimum absolute atomic E-state index is 0.690. The topological polar surface area (TPSA) is 33.1 Å². The van der Waals surface area contributed by atoms with Crippen LogP contribution in [0.25, 0.3) is 0 Å². The van der Waals surface area contributed by atoms with E-state index in [9.17, 15) is 0 Å². The van der Waals surface area contributed by atoms with Crippen molar-refractivity contribution in [3.05, 3.63) is 47.8 Å². The third-order valence-corrected chi connectivity index (χ3v) is 3.44. The normalized spacial score (nSPS) is 11.1. The second-order valence-electron chi connectivity index (χ2n) is 6.07. The lowest BCUT2D eigenvalue weighted by Gasteiger charge is -2.19. The molecule has 1 aromatic heterocycles. The van der Waals surface area contributed by atoms with E-state index < -0.39 is 0 Å². The van der Waals surface area contributed by atoms with Crippen LogP contribution in [0.2, 0.25) is 0 Å². The summed E-state index contributed by atoms with van der Waals surface area (Å²) in [7, 11) is 4.06. The molecule has 0 saturated carbocycles. The van der Waals surface area contributed by atoms with Crippen LogP contribution in [-0.4, -0.2) is 23.4 Å². The van der Waals surface area contributed by atoms with E-state index in [4.69, 9.17) is 0 Å². The van der Waals surface area contributed by atoms with Gasteiger partial charge in [0.2, 0.25) is 0 Å². The third-order valence-electron chi connectivity index (χ3n) is 3.44. The van der Waals surface area contributed by atoms with Crippen LogP contribution in [0, 0.1) is 5.92 Å². The molecule has 0 aliphatic carbocycles. The van der Waals surface area contributed by atoms with Crippen molar-refractivity contribution < 1.29 is 0 Å². The van der Waals surface area contributed by atoms with Crippen LogP contribution < -0.4 is 10.2 Å². The molecule has 4 heteroatoms. The fraction of sp³-hybridized carbons (Fsp3) is 0.471. The highest BCUT2D eigenvalue weighted by Crippen LogP contribution is 2.16. The standard InChI is InChI=1S/C17H26N4/c1-14(2)9-18-10-15-5-7-17(8-6-15)20(3)12-16-11-19-21(4)13-16/h5-8,11,13-14,18H,9-10,12H2,1-4H3. The zero-order valence-corrected chi connectivity index (χ0v) is 13.5. The van der Waals surface area contributed by atoms with Crippen molar-refractivity contribution in [1.29, 1.82) is 0 Å². The molecular formula is C17H26N4. The molecule has 1 aromatic carbocycles. The van der Waals surface area contributed by atoms with E-state index in [2.05, 4.69) is 66.7 Å². The van der Waals surface area contributed by atoms with Crippen molar-refractivity contribution in [1.82, 2.24) is 15.1 Å². The Labute approximate surface area is 127 Å². The van der Waals surface area contributed by atoms with Gasteiger partial charge in [-0.15, -0.1) is 0 Å². The molecule has 2 aromatic rings. The van der Waals surface area contributed by atoms with E-state index in [1.807, 2.05) is 17.9 Å². The number of anilines is 1. The van der Waals surface area contributed by atoms with Crippen LogP contribution in [0.15, 0.2) is 36.7 Å². The molecule has 1 N–H and O–H groups in total. The van der Waals surface area contributed by atoms with Gasteiger partial charge in [0.05, 0.1) is 6.20 Å². The Hall–Kier alpha value is -1.81. The van der Waals surface area contributed by atoms with Crippen LogP contribution >= 0.6 is 0 Å². The molecule has 0 aliphatic rings. The van der Waals surface area contributed by atoms with Crippen molar-refractivity contribution in [3.63, 3.8) is 0 Å². The maximum atomic E-state index is 4.21. The first-order chi connectivity index (χ1) is 10.0. The molecule has 4 nitrogen and oxygen atoms in total. The number of benzene rings is 1. The molecular weight excluding hydrogens is 260 g/mol. The molecule has 0 fully saturated rings. The molecule has 0 amide bonds. The van der Waals surface area contributed by atoms with Gasteiger partial charge < -0.3 is 10.2 Å². The number of rotatable bonds is 7. The molecule has 1 heterocycles. The average Bonchev–Trinajstić information content (AvgIpc) is 2.84. The molecule has 0 aliphatic heterocycles. The van der Waals surface area contributed by atoms with E-state index in [1.165, 1.54) is 16.8 Å². The molecule has 0 saturated heterocycles. The van der Waals surface area contributed by atoms with Gasteiger partial charge in [0.15, 0.2) is 0 Å². The second-order valence-corrected chi connectivity index (χ2v) is 6.07. The predicted molar refractivity (Wildman–Crippen MR) is 88.3 cm³/mol. The lowest BCUT2D eigenvalue weighted by molar-refractivity contribution is 0.552. The van der Waals surface area contributed by atoms with Gasteiger partial charge in [0.25, 0.3) is 0 Å². The molecule has 114 valence electrons. The lowest BCUT2D eigenvalue weighted by atomic mass is 10.1. The molecule has 21 heavy (non-hydrogen) atoms. The fourth-order valence-corrected chi connectivity index (χ4v) is 2.29. The zero-order chi connectivity index (χ0) is 15.2. The average molecular weight is 286 g/mol. The Morgan fingerprint density at radius 1 is 1.19 bits per heavy atom. The molecule has 0 radical (unpaired) electrons. The largest absolute Gasteiger partial charge is 0.370 e. The van der Waals surface area contributed by atoms with E-state index in [-0.39, 0.29) is 0 Å². The van der Waals surface area contributed by atoms with Crippen LogP contribution in [-0.2, 0) is 20.1 Å². The van der Waals surface area contributed by atoms with Gasteiger partial charge in [-0.05, 0) is 30.2 Å². The Morgan fingerprint density at radius 3 is 2.48 bits per heavy atom. The van der Waals surface area contributed by atoms with E-state index in [1.54, 1.807) is 0 Å². The summed E-state index contributed by atoms with van der Waals surface area (Å²) >= 11 is 0. The number of hydrogen-bond acceptors (Lipinski definition) is 3. The van der Waals surface area contributed by atoms with Crippen LogP contribution in [0.1, 0.15) is 25.0 Å². The first kappa shape index (κ1) is 15.6. The number of nitrogens with one attached hydrogen (secondary N) is 1. The molecule has 0 spiro atoms. The lowest BCUT2D eigenvalue weighted by Crippen LogP contribution is -2.19. The summed E-state index contributed by atoms with van der Waals surface area (Å²) in [6.07, 6.45) is 3.97. The molecule has 0 atom stereocenters. The number of hydrogen-bond donors (Lipinski definition) is 1. The van der Waals surface area contributed by atoms with Gasteiger partial charge in [-0.25, -0.2) is 0 Å². The highest BCUT2D eigenvalue weighted by Gasteiger charge is 2.04. The Balaban J connectivity index is 1.88. The summed E-state index contributed by atoms with van der Waals surface area (Å²) in [6.45, 7) is 7.32.